The van der Waals surface area contributed by atoms with E-state index < -0.39 is 30.6 Å². The predicted molar refractivity (Wildman–Crippen MR) is 48.8 cm³/mol. The highest BCUT2D eigenvalue weighted by Crippen LogP contribution is 2.14. The van der Waals surface area contributed by atoms with Gasteiger partial charge in [-0.3, -0.25) is 0 Å². The molecule has 0 aliphatic carbocycles. The van der Waals surface area contributed by atoms with E-state index in [2.05, 4.69) is 0 Å². The average Bonchev–Trinajstić information content (AvgIpc) is 2.79. The monoisotopic (exact) mass is 234 g/mol. The number of carbonyl (C=O) groups is 1. The summed E-state index contributed by atoms with van der Waals surface area (Å²) < 4.78 is 19.5. The van der Waals surface area contributed by atoms with Gasteiger partial charge in [-0.25, -0.2) is 4.79 Å². The van der Waals surface area contributed by atoms with Crippen molar-refractivity contribution in [1.82, 2.24) is 0 Å². The van der Waals surface area contributed by atoms with Crippen LogP contribution in [-0.4, -0.2) is 67.2 Å². The van der Waals surface area contributed by atoms with Crippen LogP contribution in [0.5, 0.6) is 0 Å². The standard InChI is InChI=1S/C9H14O7/c10-5-1-13-3-7(5)15-9(12)16-8-4-14-2-6(8)11/h5-8,10-11H,1-4H2. The van der Waals surface area contributed by atoms with Crippen molar-refractivity contribution in [2.24, 2.45) is 0 Å². The van der Waals surface area contributed by atoms with Crippen molar-refractivity contribution in [3.05, 3.63) is 0 Å². The molecule has 2 saturated heterocycles. The molecule has 0 aromatic rings. The first-order valence-corrected chi connectivity index (χ1v) is 5.05. The van der Waals surface area contributed by atoms with Gasteiger partial charge in [-0.2, -0.15) is 0 Å². The van der Waals surface area contributed by atoms with Gasteiger partial charge in [-0.05, 0) is 0 Å². The van der Waals surface area contributed by atoms with Gasteiger partial charge < -0.3 is 29.2 Å². The summed E-state index contributed by atoms with van der Waals surface area (Å²) in [7, 11) is 0. The van der Waals surface area contributed by atoms with E-state index in [1.807, 2.05) is 0 Å². The number of rotatable bonds is 2. The third-order valence-corrected chi connectivity index (χ3v) is 2.49. The van der Waals surface area contributed by atoms with E-state index in [1.165, 1.54) is 0 Å². The topological polar surface area (TPSA) is 94.5 Å². The Labute approximate surface area is 91.9 Å². The Balaban J connectivity index is 1.75. The summed E-state index contributed by atoms with van der Waals surface area (Å²) in [6, 6.07) is 0. The summed E-state index contributed by atoms with van der Waals surface area (Å²) in [6.45, 7) is 0.597. The number of ether oxygens (including phenoxy) is 4. The second kappa shape index (κ2) is 4.96. The normalized spacial score (nSPS) is 38.6. The zero-order valence-electron chi connectivity index (χ0n) is 8.57. The molecule has 0 saturated carbocycles. The lowest BCUT2D eigenvalue weighted by atomic mass is 10.2. The van der Waals surface area contributed by atoms with Gasteiger partial charge in [-0.15, -0.1) is 0 Å². The molecule has 4 unspecified atom stereocenters. The van der Waals surface area contributed by atoms with Gasteiger partial charge in [0.1, 0.15) is 12.2 Å². The SMILES string of the molecule is O=C(OC1COCC1O)OC1COCC1O. The summed E-state index contributed by atoms with van der Waals surface area (Å²) in [5, 5.41) is 18.6. The number of carbonyl (C=O) groups excluding carboxylic acids is 1. The van der Waals surface area contributed by atoms with Crippen LogP contribution in [0.15, 0.2) is 0 Å². The van der Waals surface area contributed by atoms with Gasteiger partial charge in [0, 0.05) is 0 Å². The molecule has 0 radical (unpaired) electrons. The van der Waals surface area contributed by atoms with Crippen LogP contribution in [0.4, 0.5) is 4.79 Å². The van der Waals surface area contributed by atoms with Crippen molar-refractivity contribution >= 4 is 6.16 Å². The molecule has 2 rings (SSSR count). The molecule has 16 heavy (non-hydrogen) atoms. The second-order valence-electron chi connectivity index (χ2n) is 3.77. The zero-order chi connectivity index (χ0) is 11.5. The van der Waals surface area contributed by atoms with E-state index in [0.29, 0.717) is 0 Å². The van der Waals surface area contributed by atoms with Crippen molar-refractivity contribution in [1.29, 1.82) is 0 Å². The Bertz CT molecular complexity index is 232. The maximum absolute atomic E-state index is 11.3. The lowest BCUT2D eigenvalue weighted by Crippen LogP contribution is -2.34. The number of hydrogen-bond donors (Lipinski definition) is 2. The highest BCUT2D eigenvalue weighted by atomic mass is 16.7. The van der Waals surface area contributed by atoms with E-state index in [4.69, 9.17) is 18.9 Å². The Morgan fingerprint density at radius 2 is 1.38 bits per heavy atom. The molecule has 0 spiro atoms. The molecule has 7 heteroatoms. The molecule has 4 atom stereocenters. The molecule has 0 aromatic carbocycles. The van der Waals surface area contributed by atoms with Gasteiger partial charge >= 0.3 is 6.16 Å². The molecular formula is C9H14O7. The third-order valence-electron chi connectivity index (χ3n) is 2.49. The molecule has 0 bridgehead atoms. The largest absolute Gasteiger partial charge is 0.509 e. The fourth-order valence-corrected chi connectivity index (χ4v) is 1.55. The lowest BCUT2D eigenvalue weighted by molar-refractivity contribution is -0.0454. The van der Waals surface area contributed by atoms with E-state index in [1.54, 1.807) is 0 Å². The minimum Gasteiger partial charge on any atom is -0.426 e. The molecule has 0 aromatic heterocycles. The van der Waals surface area contributed by atoms with Crippen molar-refractivity contribution in [3.63, 3.8) is 0 Å². The highest BCUT2D eigenvalue weighted by molar-refractivity contribution is 5.60. The third kappa shape index (κ3) is 2.62. The van der Waals surface area contributed by atoms with Crippen LogP contribution in [-0.2, 0) is 18.9 Å². The molecule has 2 fully saturated rings. The molecule has 2 aliphatic heterocycles. The minimum atomic E-state index is -0.927. The summed E-state index contributed by atoms with van der Waals surface area (Å²) in [5.74, 6) is 0. The predicted octanol–water partition coefficient (Wildman–Crippen LogP) is -1.34. The zero-order valence-corrected chi connectivity index (χ0v) is 8.57. The van der Waals surface area contributed by atoms with Crippen LogP contribution < -0.4 is 0 Å². The molecule has 0 amide bonds. The van der Waals surface area contributed by atoms with Crippen molar-refractivity contribution in [2.75, 3.05) is 26.4 Å². The highest BCUT2D eigenvalue weighted by Gasteiger charge is 2.34. The summed E-state index contributed by atoms with van der Waals surface area (Å²) in [5.41, 5.74) is 0. The Hall–Kier alpha value is -0.890. The van der Waals surface area contributed by atoms with Crippen molar-refractivity contribution in [3.8, 4) is 0 Å². The Morgan fingerprint density at radius 3 is 1.69 bits per heavy atom. The quantitative estimate of drug-likeness (QED) is 0.571. The molecule has 2 heterocycles. The first kappa shape index (κ1) is 11.6. The van der Waals surface area contributed by atoms with Crippen LogP contribution in [0.3, 0.4) is 0 Å². The molecule has 2 aliphatic rings. The fourth-order valence-electron chi connectivity index (χ4n) is 1.55. The molecule has 7 nitrogen and oxygen atoms in total. The van der Waals surface area contributed by atoms with Gasteiger partial charge in [0.25, 0.3) is 0 Å². The number of aliphatic hydroxyl groups is 2. The van der Waals surface area contributed by atoms with Crippen LogP contribution >= 0.6 is 0 Å². The molecule has 2 N–H and O–H groups in total. The maximum Gasteiger partial charge on any atom is 0.509 e. The van der Waals surface area contributed by atoms with Crippen LogP contribution in [0, 0.1) is 0 Å². The van der Waals surface area contributed by atoms with Gasteiger partial charge in [0.05, 0.1) is 26.4 Å². The van der Waals surface area contributed by atoms with Crippen molar-refractivity contribution < 1.29 is 34.0 Å². The van der Waals surface area contributed by atoms with E-state index in [-0.39, 0.29) is 26.4 Å². The minimum absolute atomic E-state index is 0.146. The first-order valence-electron chi connectivity index (χ1n) is 5.05. The summed E-state index contributed by atoms with van der Waals surface area (Å²) in [6.07, 6.45) is -3.97. The molecular weight excluding hydrogens is 220 g/mol. The summed E-state index contributed by atoms with van der Waals surface area (Å²) in [4.78, 5) is 11.3. The van der Waals surface area contributed by atoms with E-state index in [0.717, 1.165) is 0 Å². The van der Waals surface area contributed by atoms with Crippen molar-refractivity contribution in [2.45, 2.75) is 24.4 Å². The smallest absolute Gasteiger partial charge is 0.426 e. The number of hydrogen-bond acceptors (Lipinski definition) is 7. The van der Waals surface area contributed by atoms with Crippen LogP contribution in [0.1, 0.15) is 0 Å². The maximum atomic E-state index is 11.3. The van der Waals surface area contributed by atoms with Gasteiger partial charge in [0.15, 0.2) is 12.2 Å². The van der Waals surface area contributed by atoms with Gasteiger partial charge in [-0.1, -0.05) is 0 Å². The summed E-state index contributed by atoms with van der Waals surface area (Å²) >= 11 is 0. The Morgan fingerprint density at radius 1 is 0.938 bits per heavy atom. The average molecular weight is 234 g/mol. The fraction of sp³-hybridized carbons (Fsp3) is 0.889. The van der Waals surface area contributed by atoms with E-state index in [9.17, 15) is 15.0 Å². The first-order chi connectivity index (χ1) is 7.66. The number of aliphatic hydroxyl groups excluding tert-OH is 2. The van der Waals surface area contributed by atoms with Crippen LogP contribution in [0.2, 0.25) is 0 Å². The van der Waals surface area contributed by atoms with Crippen LogP contribution in [0.25, 0.3) is 0 Å². The second-order valence-corrected chi connectivity index (χ2v) is 3.77. The lowest BCUT2D eigenvalue weighted by Gasteiger charge is -2.17. The Kier molecular flexibility index (Phi) is 3.59. The van der Waals surface area contributed by atoms with Gasteiger partial charge in [0.2, 0.25) is 0 Å². The van der Waals surface area contributed by atoms with E-state index >= 15 is 0 Å². The molecule has 92 valence electrons.